The average Bonchev–Trinajstić information content (AvgIpc) is 2.89. The first kappa shape index (κ1) is 17.5. The summed E-state index contributed by atoms with van der Waals surface area (Å²) in [5.74, 6) is 0.983. The molecule has 0 aliphatic carbocycles. The molecule has 0 fully saturated rings. The number of amides is 1. The molecule has 9 heteroatoms. The summed E-state index contributed by atoms with van der Waals surface area (Å²) >= 11 is 14.6. The minimum Gasteiger partial charge on any atom is -0.415 e. The largest absolute Gasteiger partial charge is 0.415 e. The lowest BCUT2D eigenvalue weighted by Crippen LogP contribution is -2.22. The molecule has 1 amide bonds. The van der Waals surface area contributed by atoms with Gasteiger partial charge in [0, 0.05) is 5.02 Å². The fourth-order valence-electron chi connectivity index (χ4n) is 1.50. The maximum absolute atomic E-state index is 12.2. The maximum Gasteiger partial charge on any atom is 0.277 e. The number of carbonyl (C=O) groups is 1. The van der Waals surface area contributed by atoms with E-state index in [1.54, 1.807) is 36.9 Å². The van der Waals surface area contributed by atoms with Gasteiger partial charge in [0.2, 0.25) is 11.8 Å². The summed E-state index contributed by atoms with van der Waals surface area (Å²) in [5.41, 5.74) is 0.511. The van der Waals surface area contributed by atoms with Crippen molar-refractivity contribution in [2.45, 2.75) is 23.1 Å². The Morgan fingerprint density at radius 2 is 2.18 bits per heavy atom. The molecule has 1 aromatic carbocycles. The lowest BCUT2D eigenvalue weighted by molar-refractivity contribution is -0.115. The van der Waals surface area contributed by atoms with Gasteiger partial charge in [-0.25, -0.2) is 0 Å². The molecular weight excluding hydrogens is 365 g/mol. The van der Waals surface area contributed by atoms with Crippen LogP contribution in [0.15, 0.2) is 27.8 Å². The van der Waals surface area contributed by atoms with Crippen molar-refractivity contribution in [2.24, 2.45) is 0 Å². The normalized spacial score (nSPS) is 12.2. The minimum absolute atomic E-state index is 0.209. The summed E-state index contributed by atoms with van der Waals surface area (Å²) in [6.07, 6.45) is 1.95. The van der Waals surface area contributed by atoms with E-state index < -0.39 is 5.25 Å². The number of benzene rings is 1. The van der Waals surface area contributed by atoms with E-state index in [1.807, 2.05) is 6.26 Å². The molecule has 2 rings (SSSR count). The van der Waals surface area contributed by atoms with Crippen LogP contribution in [0, 0.1) is 0 Å². The van der Waals surface area contributed by atoms with Crippen LogP contribution in [0.4, 0.5) is 5.69 Å². The van der Waals surface area contributed by atoms with Crippen LogP contribution in [0.3, 0.4) is 0 Å². The molecule has 1 atom stereocenters. The van der Waals surface area contributed by atoms with Gasteiger partial charge in [-0.05, 0) is 31.4 Å². The second-order valence-electron chi connectivity index (χ2n) is 4.27. The molecule has 0 bridgehead atoms. The van der Waals surface area contributed by atoms with E-state index in [9.17, 15) is 4.79 Å². The van der Waals surface area contributed by atoms with Gasteiger partial charge in [0.05, 0.1) is 21.7 Å². The van der Waals surface area contributed by atoms with E-state index in [4.69, 9.17) is 27.6 Å². The number of carbonyl (C=O) groups excluding carboxylic acids is 1. The first-order chi connectivity index (χ1) is 10.5. The van der Waals surface area contributed by atoms with Gasteiger partial charge in [0.25, 0.3) is 5.22 Å². The van der Waals surface area contributed by atoms with Crippen LogP contribution in [-0.4, -0.2) is 27.6 Å². The Hall–Kier alpha value is -0.890. The molecule has 22 heavy (non-hydrogen) atoms. The lowest BCUT2D eigenvalue weighted by Gasteiger charge is -2.11. The van der Waals surface area contributed by atoms with Gasteiger partial charge in [-0.15, -0.1) is 10.2 Å². The second kappa shape index (κ2) is 8.10. The van der Waals surface area contributed by atoms with Crippen molar-refractivity contribution in [1.29, 1.82) is 0 Å². The first-order valence-corrected chi connectivity index (χ1v) is 9.26. The van der Waals surface area contributed by atoms with E-state index in [1.165, 1.54) is 11.8 Å². The number of rotatable bonds is 6. The summed E-state index contributed by atoms with van der Waals surface area (Å²) in [6, 6.07) is 4.89. The topological polar surface area (TPSA) is 68.0 Å². The third kappa shape index (κ3) is 4.81. The highest BCUT2D eigenvalue weighted by Crippen LogP contribution is 2.28. The molecule has 1 heterocycles. The number of halogens is 2. The highest BCUT2D eigenvalue weighted by molar-refractivity contribution is 8.00. The van der Waals surface area contributed by atoms with Crippen LogP contribution in [0.2, 0.25) is 10.0 Å². The Balaban J connectivity index is 1.96. The van der Waals surface area contributed by atoms with E-state index in [0.717, 1.165) is 0 Å². The van der Waals surface area contributed by atoms with Crippen LogP contribution in [0.25, 0.3) is 0 Å². The van der Waals surface area contributed by atoms with Gasteiger partial charge in [-0.3, -0.25) is 4.79 Å². The predicted octanol–water partition coefficient (Wildman–Crippen LogP) is 4.36. The van der Waals surface area contributed by atoms with Gasteiger partial charge in [0.1, 0.15) is 0 Å². The van der Waals surface area contributed by atoms with Gasteiger partial charge in [-0.2, -0.15) is 11.8 Å². The van der Waals surface area contributed by atoms with Crippen molar-refractivity contribution >= 4 is 58.3 Å². The standard InChI is InChI=1S/C13H13Cl2N3O2S2/c1-7(22-13-18-17-11(20-13)6-21-2)12(19)16-10-4-3-8(14)5-9(10)15/h3-5,7H,6H2,1-2H3,(H,16,19). The monoisotopic (exact) mass is 377 g/mol. The molecule has 0 spiro atoms. The van der Waals surface area contributed by atoms with Gasteiger partial charge in [-0.1, -0.05) is 35.0 Å². The van der Waals surface area contributed by atoms with Crippen LogP contribution in [-0.2, 0) is 10.5 Å². The number of nitrogens with one attached hydrogen (secondary N) is 1. The number of hydrogen-bond donors (Lipinski definition) is 1. The Morgan fingerprint density at radius 1 is 1.41 bits per heavy atom. The number of nitrogens with zero attached hydrogens (tertiary/aromatic N) is 2. The van der Waals surface area contributed by atoms with E-state index in [0.29, 0.717) is 32.6 Å². The summed E-state index contributed by atoms with van der Waals surface area (Å²) in [7, 11) is 0. The van der Waals surface area contributed by atoms with Crippen LogP contribution >= 0.6 is 46.7 Å². The number of aromatic nitrogens is 2. The van der Waals surface area contributed by atoms with Gasteiger partial charge < -0.3 is 9.73 Å². The molecule has 2 aromatic rings. The quantitative estimate of drug-likeness (QED) is 0.754. The molecule has 1 N–H and O–H groups in total. The van der Waals surface area contributed by atoms with E-state index in [2.05, 4.69) is 15.5 Å². The van der Waals surface area contributed by atoms with Crippen molar-refractivity contribution < 1.29 is 9.21 Å². The second-order valence-corrected chi connectivity index (χ2v) is 7.27. The molecule has 5 nitrogen and oxygen atoms in total. The molecule has 0 saturated heterocycles. The highest BCUT2D eigenvalue weighted by Gasteiger charge is 2.19. The van der Waals surface area contributed by atoms with Crippen LogP contribution < -0.4 is 5.32 Å². The number of anilines is 1. The lowest BCUT2D eigenvalue weighted by atomic mass is 10.3. The zero-order chi connectivity index (χ0) is 16.1. The first-order valence-electron chi connectivity index (χ1n) is 6.23. The molecule has 0 radical (unpaired) electrons. The fourth-order valence-corrected chi connectivity index (χ4v) is 3.02. The minimum atomic E-state index is -0.408. The zero-order valence-corrected chi connectivity index (χ0v) is 14.9. The molecule has 0 saturated carbocycles. The number of hydrogen-bond acceptors (Lipinski definition) is 6. The SMILES string of the molecule is CSCc1nnc(SC(C)C(=O)Nc2ccc(Cl)cc2Cl)o1. The Labute approximate surface area is 146 Å². The van der Waals surface area contributed by atoms with Crippen molar-refractivity contribution in [3.8, 4) is 0 Å². The van der Waals surface area contributed by atoms with Crippen LogP contribution in [0.1, 0.15) is 12.8 Å². The third-order valence-electron chi connectivity index (χ3n) is 2.55. The summed E-state index contributed by atoms with van der Waals surface area (Å²) < 4.78 is 5.43. The fraction of sp³-hybridized carbons (Fsp3) is 0.308. The van der Waals surface area contributed by atoms with E-state index >= 15 is 0 Å². The Kier molecular flexibility index (Phi) is 6.43. The number of thioether (sulfide) groups is 2. The summed E-state index contributed by atoms with van der Waals surface area (Å²) in [5, 5.41) is 11.4. The Bertz CT molecular complexity index is 666. The summed E-state index contributed by atoms with van der Waals surface area (Å²) in [6.45, 7) is 1.75. The van der Waals surface area contributed by atoms with Crippen molar-refractivity contribution in [2.75, 3.05) is 11.6 Å². The van der Waals surface area contributed by atoms with Crippen molar-refractivity contribution in [3.63, 3.8) is 0 Å². The molecular formula is C13H13Cl2N3O2S2. The highest BCUT2D eigenvalue weighted by atomic mass is 35.5. The Morgan fingerprint density at radius 3 is 2.86 bits per heavy atom. The third-order valence-corrected chi connectivity index (χ3v) is 4.57. The molecule has 1 unspecified atom stereocenters. The van der Waals surface area contributed by atoms with Gasteiger partial charge >= 0.3 is 0 Å². The van der Waals surface area contributed by atoms with Gasteiger partial charge in [0.15, 0.2) is 0 Å². The van der Waals surface area contributed by atoms with Crippen LogP contribution in [0.5, 0.6) is 0 Å². The van der Waals surface area contributed by atoms with E-state index in [-0.39, 0.29) is 5.91 Å². The average molecular weight is 378 g/mol. The maximum atomic E-state index is 12.2. The van der Waals surface area contributed by atoms with Crippen molar-refractivity contribution in [3.05, 3.63) is 34.1 Å². The van der Waals surface area contributed by atoms with Crippen molar-refractivity contribution in [1.82, 2.24) is 10.2 Å². The molecule has 0 aliphatic heterocycles. The molecule has 1 aromatic heterocycles. The zero-order valence-electron chi connectivity index (χ0n) is 11.8. The molecule has 118 valence electrons. The predicted molar refractivity (Wildman–Crippen MR) is 91.9 cm³/mol. The summed E-state index contributed by atoms with van der Waals surface area (Å²) in [4.78, 5) is 12.2. The molecule has 0 aliphatic rings. The smallest absolute Gasteiger partial charge is 0.277 e.